The molecule has 252 valence electrons. The van der Waals surface area contributed by atoms with Crippen molar-refractivity contribution in [2.24, 2.45) is 0 Å². The number of hydrogen-bond acceptors (Lipinski definition) is 5. The first-order chi connectivity index (χ1) is 25.8. The third kappa shape index (κ3) is 3.52. The molecule has 2 spiro atoms. The maximum atomic E-state index is 6.83. The number of fused-ring (bicyclic) bond motifs is 18. The predicted octanol–water partition coefficient (Wildman–Crippen LogP) is 8.09. The second-order valence-corrected chi connectivity index (χ2v) is 16.4. The second-order valence-electron chi connectivity index (χ2n) is 13.8. The van der Waals surface area contributed by atoms with E-state index in [0.29, 0.717) is 11.5 Å². The summed E-state index contributed by atoms with van der Waals surface area (Å²) in [5.41, 5.74) is 10.9. The van der Waals surface area contributed by atoms with Gasteiger partial charge in [-0.25, -0.2) is 0 Å². The molecule has 6 aromatic carbocycles. The summed E-state index contributed by atoms with van der Waals surface area (Å²) in [6.45, 7) is 1.77. The van der Waals surface area contributed by atoms with Crippen molar-refractivity contribution in [3.63, 3.8) is 0 Å². The Hall–Kier alpha value is -5.77. The zero-order valence-electron chi connectivity index (χ0n) is 27.9. The quantitative estimate of drug-likeness (QED) is 0.144. The minimum atomic E-state index is -0.782. The monoisotopic (exact) mass is 849 g/mol. The van der Waals surface area contributed by atoms with E-state index < -0.39 is 28.7 Å². The third-order valence-corrected chi connectivity index (χ3v) is 14.8. The molecule has 5 nitrogen and oxygen atoms in total. The Kier molecular flexibility index (Phi) is 5.78. The van der Waals surface area contributed by atoms with E-state index in [4.69, 9.17) is 4.74 Å². The van der Waals surface area contributed by atoms with Crippen molar-refractivity contribution in [3.05, 3.63) is 204 Å². The van der Waals surface area contributed by atoms with E-state index in [9.17, 15) is 0 Å². The van der Waals surface area contributed by atoms with Crippen LogP contribution in [0.1, 0.15) is 33.4 Å². The van der Waals surface area contributed by atoms with Crippen molar-refractivity contribution >= 4 is 8.29 Å². The van der Waals surface area contributed by atoms with Gasteiger partial charge in [0.1, 0.15) is 0 Å². The number of hydrogen-bond donors (Lipinski definition) is 0. The average molecular weight is 850 g/mol. The summed E-state index contributed by atoms with van der Waals surface area (Å²) in [6.07, 6.45) is 9.28. The van der Waals surface area contributed by atoms with E-state index in [1.807, 2.05) is 12.1 Å². The predicted molar refractivity (Wildman–Crippen MR) is 200 cm³/mol. The van der Waals surface area contributed by atoms with Gasteiger partial charge >= 0.3 is 312 Å². The Labute approximate surface area is 310 Å². The Bertz CT molecular complexity index is 2400. The van der Waals surface area contributed by atoms with E-state index >= 15 is 0 Å². The summed E-state index contributed by atoms with van der Waals surface area (Å²) in [6, 6.07) is 56.2. The van der Waals surface area contributed by atoms with Crippen LogP contribution in [0.5, 0.6) is 11.5 Å². The Morgan fingerprint density at radius 1 is 0.442 bits per heavy atom. The first kappa shape index (κ1) is 28.9. The molecule has 12 rings (SSSR count). The van der Waals surface area contributed by atoms with Crippen LogP contribution in [-0.2, 0) is 28.7 Å². The molecule has 0 unspecified atom stereocenters. The normalized spacial score (nSPS) is 18.8. The maximum absolute atomic E-state index is 6.83. The molecule has 0 saturated carbocycles. The van der Waals surface area contributed by atoms with Crippen LogP contribution in [0.4, 0.5) is 0 Å². The summed E-state index contributed by atoms with van der Waals surface area (Å²) in [5.74, 6) is 1.34. The zero-order valence-corrected chi connectivity index (χ0v) is 30.2. The molecular weight excluding hydrogens is 820 g/mol. The number of rotatable bonds is 0. The summed E-state index contributed by atoms with van der Waals surface area (Å²) in [4.78, 5) is 10.2. The molecule has 0 saturated heterocycles. The standard InChI is InChI=1S/C46H30N4O.Pt/c1-5-19-41-37(15-1)38-16-2-6-20-42(38)45(41)33-11-9-13-35(29-33)51-36-14-10-12-34(30-36)46(43-21-7-3-17-39(43)40-18-4-8-22-44(40)46)50-28-26-48(32-50)24-23-47-25-27-49(45)31-47;/h1-22,25-28H,23-24H2;/q-2;. The van der Waals surface area contributed by atoms with E-state index in [2.05, 4.69) is 178 Å². The summed E-state index contributed by atoms with van der Waals surface area (Å²) >= 11 is -0.782. The molecule has 6 aliphatic rings. The minimum absolute atomic E-state index is 0.653. The Morgan fingerprint density at radius 3 is 1.23 bits per heavy atom. The number of ether oxygens (including phenoxy) is 1. The van der Waals surface area contributed by atoms with Gasteiger partial charge in [-0.2, -0.15) is 0 Å². The first-order valence-electron chi connectivity index (χ1n) is 17.7. The molecule has 6 bridgehead atoms. The molecule has 6 heteroatoms. The molecule has 0 amide bonds. The van der Waals surface area contributed by atoms with E-state index in [1.165, 1.54) is 52.8 Å². The van der Waals surface area contributed by atoms with Crippen molar-refractivity contribution < 1.29 is 22.4 Å². The van der Waals surface area contributed by atoms with Gasteiger partial charge in [0.2, 0.25) is 0 Å². The average Bonchev–Trinajstić information content (AvgIpc) is 3.91. The molecule has 52 heavy (non-hydrogen) atoms. The number of nitrogens with zero attached hydrogens (tertiary/aromatic N) is 4. The third-order valence-electron chi connectivity index (χ3n) is 11.4. The van der Waals surface area contributed by atoms with Gasteiger partial charge in [-0.05, 0) is 0 Å². The zero-order chi connectivity index (χ0) is 34.0. The summed E-state index contributed by atoms with van der Waals surface area (Å²) < 4.78 is 9.53. The van der Waals surface area contributed by atoms with Crippen LogP contribution in [-0.4, -0.2) is 41.0 Å². The topological polar surface area (TPSA) is 22.2 Å². The molecule has 0 atom stereocenters. The molecule has 4 heterocycles. The molecule has 6 aromatic rings. The van der Waals surface area contributed by atoms with Crippen LogP contribution in [0.15, 0.2) is 158 Å². The molecule has 0 radical (unpaired) electrons. The van der Waals surface area contributed by atoms with E-state index in [0.717, 1.165) is 24.2 Å². The van der Waals surface area contributed by atoms with Gasteiger partial charge < -0.3 is 0 Å². The van der Waals surface area contributed by atoms with Gasteiger partial charge in [0.25, 0.3) is 0 Å². The van der Waals surface area contributed by atoms with Gasteiger partial charge in [-0.1, -0.05) is 0 Å². The van der Waals surface area contributed by atoms with Gasteiger partial charge in [0.05, 0.1) is 0 Å². The van der Waals surface area contributed by atoms with Gasteiger partial charge in [0.15, 0.2) is 0 Å². The van der Waals surface area contributed by atoms with Crippen LogP contribution in [0.25, 0.3) is 22.3 Å². The van der Waals surface area contributed by atoms with Gasteiger partial charge in [-0.15, -0.1) is 0 Å². The molecule has 4 aliphatic heterocycles. The van der Waals surface area contributed by atoms with Crippen LogP contribution in [0.3, 0.4) is 0 Å². The number of benzene rings is 6. The SMILES string of the molecule is [c-]1c2cccc1C1(c3ccccc3-c3ccccc31)N1C=CN3CCN4C=CN([C]4=[Pt]=[C]31)C1(c3[c-]c(ccc3)O2)c2ccccc2-c2ccccc21. The Balaban J connectivity index is 1.24. The van der Waals surface area contributed by atoms with Gasteiger partial charge in [-0.3, -0.25) is 0 Å². The van der Waals surface area contributed by atoms with Crippen molar-refractivity contribution in [1.29, 1.82) is 0 Å². The van der Waals surface area contributed by atoms with Crippen LogP contribution in [0.2, 0.25) is 0 Å². The van der Waals surface area contributed by atoms with Crippen molar-refractivity contribution in [1.82, 2.24) is 19.6 Å². The van der Waals surface area contributed by atoms with Crippen LogP contribution < -0.4 is 4.74 Å². The van der Waals surface area contributed by atoms with Crippen LogP contribution >= 0.6 is 0 Å². The van der Waals surface area contributed by atoms with Crippen molar-refractivity contribution in [3.8, 4) is 33.8 Å². The molecular formula is C46H30N4OPt-2. The molecule has 2 aliphatic carbocycles. The summed E-state index contributed by atoms with van der Waals surface area (Å²) in [7, 11) is 0. The van der Waals surface area contributed by atoms with Crippen molar-refractivity contribution in [2.45, 2.75) is 11.1 Å². The van der Waals surface area contributed by atoms with Crippen LogP contribution in [0, 0.1) is 12.1 Å². The van der Waals surface area contributed by atoms with Gasteiger partial charge in [0, 0.05) is 0 Å². The first-order valence-corrected chi connectivity index (χ1v) is 20.0. The molecule has 0 fully saturated rings. The fraction of sp³-hybridized carbons (Fsp3) is 0.0870. The molecule has 0 N–H and O–H groups in total. The Morgan fingerprint density at radius 2 is 0.827 bits per heavy atom. The fourth-order valence-corrected chi connectivity index (χ4v) is 13.0. The van der Waals surface area contributed by atoms with E-state index in [-0.39, 0.29) is 0 Å². The van der Waals surface area contributed by atoms with Crippen molar-refractivity contribution in [2.75, 3.05) is 13.1 Å². The summed E-state index contributed by atoms with van der Waals surface area (Å²) in [5, 5.41) is 0. The molecule has 0 aromatic heterocycles. The van der Waals surface area contributed by atoms with E-state index in [1.54, 1.807) is 0 Å². The fourth-order valence-electron chi connectivity index (χ4n) is 9.38. The second kappa shape index (κ2) is 10.4.